The third-order valence-electron chi connectivity index (χ3n) is 2.95. The van der Waals surface area contributed by atoms with Gasteiger partial charge in [-0.1, -0.05) is 29.8 Å². The van der Waals surface area contributed by atoms with Crippen LogP contribution in [0.1, 0.15) is 10.4 Å². The van der Waals surface area contributed by atoms with E-state index in [9.17, 15) is 4.79 Å². The maximum absolute atomic E-state index is 12.3. The standard InChI is InChI=1S/C16H11ClO2S/c17-12-4-2-5-13(9-12)19-10-15(18)14-6-1-3-11-7-8-20-16(11)14/h1-9H,10H2. The molecule has 3 rings (SSSR count). The molecular formula is C16H11ClO2S. The Kier molecular flexibility index (Phi) is 3.72. The van der Waals surface area contributed by atoms with Crippen LogP contribution < -0.4 is 4.74 Å². The Balaban J connectivity index is 1.78. The number of hydrogen-bond donors (Lipinski definition) is 0. The fraction of sp³-hybridized carbons (Fsp3) is 0.0625. The average molecular weight is 303 g/mol. The fourth-order valence-electron chi connectivity index (χ4n) is 2.00. The number of Topliss-reactive ketones (excluding diaryl/α,β-unsaturated/α-hetero) is 1. The number of carbonyl (C=O) groups is 1. The molecule has 0 fully saturated rings. The molecule has 2 aromatic carbocycles. The van der Waals surface area contributed by atoms with E-state index < -0.39 is 0 Å². The summed E-state index contributed by atoms with van der Waals surface area (Å²) in [6, 6.07) is 14.8. The van der Waals surface area contributed by atoms with Gasteiger partial charge in [-0.15, -0.1) is 11.3 Å². The first-order valence-corrected chi connectivity index (χ1v) is 7.37. The molecule has 0 unspecified atom stereocenters. The Morgan fingerprint density at radius 2 is 2.00 bits per heavy atom. The molecule has 1 aromatic heterocycles. The highest BCUT2D eigenvalue weighted by Gasteiger charge is 2.11. The monoisotopic (exact) mass is 302 g/mol. The van der Waals surface area contributed by atoms with Gasteiger partial charge in [-0.2, -0.15) is 0 Å². The molecule has 0 radical (unpaired) electrons. The lowest BCUT2D eigenvalue weighted by molar-refractivity contribution is 0.0923. The molecule has 0 saturated carbocycles. The summed E-state index contributed by atoms with van der Waals surface area (Å²) in [6.45, 7) is 0.0113. The van der Waals surface area contributed by atoms with Gasteiger partial charge in [0.15, 0.2) is 6.61 Å². The number of benzene rings is 2. The van der Waals surface area contributed by atoms with Crippen LogP contribution in [0.25, 0.3) is 10.1 Å². The number of carbonyl (C=O) groups excluding carboxylic acids is 1. The minimum Gasteiger partial charge on any atom is -0.485 e. The van der Waals surface area contributed by atoms with Crippen LogP contribution in [0.15, 0.2) is 53.9 Å². The summed E-state index contributed by atoms with van der Waals surface area (Å²) < 4.78 is 6.51. The second-order valence-electron chi connectivity index (χ2n) is 4.31. The van der Waals surface area contributed by atoms with Gasteiger partial charge in [0.1, 0.15) is 5.75 Å². The van der Waals surface area contributed by atoms with Crippen molar-refractivity contribution in [3.05, 3.63) is 64.5 Å². The molecule has 0 amide bonds. The maximum Gasteiger partial charge on any atom is 0.201 e. The molecule has 0 bridgehead atoms. The van der Waals surface area contributed by atoms with Crippen molar-refractivity contribution in [3.8, 4) is 5.75 Å². The van der Waals surface area contributed by atoms with Gasteiger partial charge in [-0.3, -0.25) is 4.79 Å². The van der Waals surface area contributed by atoms with E-state index in [4.69, 9.17) is 16.3 Å². The molecule has 4 heteroatoms. The highest BCUT2D eigenvalue weighted by molar-refractivity contribution is 7.17. The van der Waals surface area contributed by atoms with E-state index in [1.165, 1.54) is 0 Å². The van der Waals surface area contributed by atoms with Gasteiger partial charge in [-0.25, -0.2) is 0 Å². The predicted molar refractivity (Wildman–Crippen MR) is 83.1 cm³/mol. The summed E-state index contributed by atoms with van der Waals surface area (Å²) in [5.41, 5.74) is 0.708. The van der Waals surface area contributed by atoms with E-state index in [1.54, 1.807) is 35.6 Å². The number of halogens is 1. The Hall–Kier alpha value is -1.84. The molecule has 100 valence electrons. The molecule has 0 atom stereocenters. The van der Waals surface area contributed by atoms with E-state index >= 15 is 0 Å². The van der Waals surface area contributed by atoms with E-state index in [0.29, 0.717) is 16.3 Å². The normalized spacial score (nSPS) is 10.7. The Morgan fingerprint density at radius 1 is 1.15 bits per heavy atom. The SMILES string of the molecule is O=C(COc1cccc(Cl)c1)c1cccc2ccsc12. The van der Waals surface area contributed by atoms with Gasteiger partial charge >= 0.3 is 0 Å². The van der Waals surface area contributed by atoms with Crippen molar-refractivity contribution in [1.82, 2.24) is 0 Å². The first-order valence-electron chi connectivity index (χ1n) is 6.12. The van der Waals surface area contributed by atoms with Crippen molar-refractivity contribution in [2.75, 3.05) is 6.61 Å². The third kappa shape index (κ3) is 2.69. The molecule has 0 saturated heterocycles. The minimum absolute atomic E-state index is 0.0113. The zero-order valence-electron chi connectivity index (χ0n) is 10.5. The molecule has 0 N–H and O–H groups in total. The van der Waals surface area contributed by atoms with Crippen molar-refractivity contribution < 1.29 is 9.53 Å². The Morgan fingerprint density at radius 3 is 2.85 bits per heavy atom. The molecular weight excluding hydrogens is 292 g/mol. The van der Waals surface area contributed by atoms with Crippen molar-refractivity contribution in [3.63, 3.8) is 0 Å². The molecule has 3 aromatic rings. The summed E-state index contributed by atoms with van der Waals surface area (Å²) in [5.74, 6) is 0.572. The predicted octanol–water partition coefficient (Wildman–Crippen LogP) is 4.82. The smallest absolute Gasteiger partial charge is 0.201 e. The summed E-state index contributed by atoms with van der Waals surface area (Å²) >= 11 is 7.45. The lowest BCUT2D eigenvalue weighted by Gasteiger charge is -2.06. The second-order valence-corrected chi connectivity index (χ2v) is 5.67. The van der Waals surface area contributed by atoms with Gasteiger partial charge in [0.25, 0.3) is 0 Å². The number of ether oxygens (including phenoxy) is 1. The van der Waals surface area contributed by atoms with Crippen LogP contribution >= 0.6 is 22.9 Å². The van der Waals surface area contributed by atoms with E-state index in [-0.39, 0.29) is 12.4 Å². The highest BCUT2D eigenvalue weighted by Crippen LogP contribution is 2.25. The van der Waals surface area contributed by atoms with Gasteiger partial charge in [0, 0.05) is 15.3 Å². The first kappa shape index (κ1) is 13.2. The molecule has 20 heavy (non-hydrogen) atoms. The maximum atomic E-state index is 12.3. The lowest BCUT2D eigenvalue weighted by Crippen LogP contribution is -2.11. The van der Waals surface area contributed by atoms with Gasteiger partial charge in [-0.05, 0) is 41.1 Å². The van der Waals surface area contributed by atoms with Crippen molar-refractivity contribution >= 4 is 38.8 Å². The van der Waals surface area contributed by atoms with Crippen LogP contribution in [0.2, 0.25) is 5.02 Å². The van der Waals surface area contributed by atoms with Crippen LogP contribution in [0, 0.1) is 0 Å². The van der Waals surface area contributed by atoms with Crippen molar-refractivity contribution in [2.24, 2.45) is 0 Å². The number of rotatable bonds is 4. The van der Waals surface area contributed by atoms with Crippen molar-refractivity contribution in [2.45, 2.75) is 0 Å². The van der Waals surface area contributed by atoms with Crippen LogP contribution in [0.4, 0.5) is 0 Å². The number of fused-ring (bicyclic) bond motifs is 1. The largest absolute Gasteiger partial charge is 0.485 e. The van der Waals surface area contributed by atoms with Gasteiger partial charge < -0.3 is 4.74 Å². The highest BCUT2D eigenvalue weighted by atomic mass is 35.5. The molecule has 0 aliphatic carbocycles. The van der Waals surface area contributed by atoms with E-state index in [2.05, 4.69) is 0 Å². The van der Waals surface area contributed by atoms with Gasteiger partial charge in [0.2, 0.25) is 5.78 Å². The zero-order valence-corrected chi connectivity index (χ0v) is 12.1. The minimum atomic E-state index is -0.0296. The van der Waals surface area contributed by atoms with Crippen molar-refractivity contribution in [1.29, 1.82) is 0 Å². The molecule has 0 aliphatic rings. The van der Waals surface area contributed by atoms with E-state index in [0.717, 1.165) is 10.1 Å². The van der Waals surface area contributed by atoms with Gasteiger partial charge in [0.05, 0.1) is 0 Å². The van der Waals surface area contributed by atoms with Crippen LogP contribution in [0.3, 0.4) is 0 Å². The van der Waals surface area contributed by atoms with E-state index in [1.807, 2.05) is 29.6 Å². The summed E-state index contributed by atoms with van der Waals surface area (Å²) in [7, 11) is 0. The van der Waals surface area contributed by atoms with Crippen LogP contribution in [0.5, 0.6) is 5.75 Å². The Labute approximate surface area is 125 Å². The molecule has 2 nitrogen and oxygen atoms in total. The number of ketones is 1. The Bertz CT molecular complexity index is 764. The summed E-state index contributed by atoms with van der Waals surface area (Å²) in [4.78, 5) is 12.3. The topological polar surface area (TPSA) is 26.3 Å². The van der Waals surface area contributed by atoms with Crippen LogP contribution in [-0.2, 0) is 0 Å². The molecule has 1 heterocycles. The first-order chi connectivity index (χ1) is 9.74. The fourth-order valence-corrected chi connectivity index (χ4v) is 3.11. The zero-order chi connectivity index (χ0) is 13.9. The molecule has 0 aliphatic heterocycles. The summed E-state index contributed by atoms with van der Waals surface area (Å²) in [6.07, 6.45) is 0. The van der Waals surface area contributed by atoms with Crippen LogP contribution in [-0.4, -0.2) is 12.4 Å². The summed E-state index contributed by atoms with van der Waals surface area (Å²) in [5, 5.41) is 3.66. The number of hydrogen-bond acceptors (Lipinski definition) is 3. The second kappa shape index (κ2) is 5.65. The molecule has 0 spiro atoms. The number of thiophene rings is 1. The average Bonchev–Trinajstić information content (AvgIpc) is 2.93. The third-order valence-corrected chi connectivity index (χ3v) is 4.14. The lowest BCUT2D eigenvalue weighted by atomic mass is 10.1. The quantitative estimate of drug-likeness (QED) is 0.646.